The standard InChI is InChI=1S/C50H32/c1-3-16-33(17-4-1)50(34-18-5-2-6-19-34)46-26-14-13-25-41(46)44-30-29-43-39-24-12-10-22-37(39)36-21-9-11-23-38(36)42-28-27-40-35-20-8-7-15-32(35)31-45(40)47(42)48(43)49(44)50/h1-30H,31H2. The maximum Gasteiger partial charge on any atom is 0.0719 e. The van der Waals surface area contributed by atoms with Gasteiger partial charge in [0, 0.05) is 0 Å². The van der Waals surface area contributed by atoms with Crippen molar-refractivity contribution in [3.63, 3.8) is 0 Å². The molecule has 0 atom stereocenters. The van der Waals surface area contributed by atoms with Crippen molar-refractivity contribution in [2.45, 2.75) is 11.8 Å². The summed E-state index contributed by atoms with van der Waals surface area (Å²) in [4.78, 5) is 0. The molecule has 0 amide bonds. The third kappa shape index (κ3) is 3.55. The second kappa shape index (κ2) is 10.4. The highest BCUT2D eigenvalue weighted by Crippen LogP contribution is 2.57. The van der Waals surface area contributed by atoms with E-state index < -0.39 is 5.41 Å². The fourth-order valence-electron chi connectivity index (χ4n) is 9.65. The molecule has 0 heteroatoms. The van der Waals surface area contributed by atoms with Crippen LogP contribution in [0.1, 0.15) is 33.4 Å². The number of rotatable bonds is 2. The molecule has 0 aliphatic heterocycles. The molecule has 3 aliphatic rings. The van der Waals surface area contributed by atoms with Crippen LogP contribution in [0, 0.1) is 41.7 Å². The van der Waals surface area contributed by atoms with Crippen molar-refractivity contribution in [1.29, 1.82) is 0 Å². The van der Waals surface area contributed by atoms with Crippen LogP contribution in [0.15, 0.2) is 182 Å². The first-order valence-corrected chi connectivity index (χ1v) is 17.7. The number of hydrogen-bond donors (Lipinski definition) is 0. The zero-order chi connectivity index (χ0) is 32.8. The van der Waals surface area contributed by atoms with E-state index in [1.165, 1.54) is 97.4 Å². The van der Waals surface area contributed by atoms with Gasteiger partial charge in [-0.05, 0) is 104 Å². The molecule has 8 aromatic rings. The van der Waals surface area contributed by atoms with Crippen molar-refractivity contribution in [3.05, 3.63) is 257 Å². The maximum atomic E-state index is 2.43. The minimum Gasteiger partial charge on any atom is -0.0622 e. The summed E-state index contributed by atoms with van der Waals surface area (Å²) in [5.41, 5.74) is 13.0. The molecule has 3 aliphatic carbocycles. The maximum absolute atomic E-state index is 2.43. The van der Waals surface area contributed by atoms with Gasteiger partial charge in [0.15, 0.2) is 0 Å². The lowest BCUT2D eigenvalue weighted by Crippen LogP contribution is -2.29. The molecular formula is C50H32. The van der Waals surface area contributed by atoms with E-state index in [-0.39, 0.29) is 0 Å². The molecule has 8 aromatic carbocycles. The largest absolute Gasteiger partial charge is 0.0719 e. The van der Waals surface area contributed by atoms with Gasteiger partial charge in [0.2, 0.25) is 0 Å². The Balaban J connectivity index is 1.55. The molecule has 0 saturated heterocycles. The van der Waals surface area contributed by atoms with Gasteiger partial charge in [0.25, 0.3) is 0 Å². The Morgan fingerprint density at radius 2 is 0.800 bits per heavy atom. The summed E-state index contributed by atoms with van der Waals surface area (Å²) in [7, 11) is 0. The molecule has 11 rings (SSSR count). The topological polar surface area (TPSA) is 0 Å². The lowest BCUT2D eigenvalue weighted by molar-refractivity contribution is 0.761. The van der Waals surface area contributed by atoms with Crippen LogP contribution in [0.4, 0.5) is 0 Å². The summed E-state index contributed by atoms with van der Waals surface area (Å²) in [5.74, 6) is 0. The Morgan fingerprint density at radius 1 is 0.320 bits per heavy atom. The molecule has 0 aromatic heterocycles. The minimum absolute atomic E-state index is 0.529. The Morgan fingerprint density at radius 3 is 1.44 bits per heavy atom. The second-order valence-corrected chi connectivity index (χ2v) is 13.9. The highest BCUT2D eigenvalue weighted by atomic mass is 14.5. The van der Waals surface area contributed by atoms with E-state index in [0.717, 1.165) is 6.42 Å². The van der Waals surface area contributed by atoms with Crippen molar-refractivity contribution >= 4 is 0 Å². The normalized spacial score (nSPS) is 13.7. The number of benzene rings is 8. The lowest BCUT2D eigenvalue weighted by atomic mass is 9.67. The molecule has 0 heterocycles. The van der Waals surface area contributed by atoms with Crippen molar-refractivity contribution in [2.75, 3.05) is 0 Å². The average Bonchev–Trinajstić information content (AvgIpc) is 3.72. The van der Waals surface area contributed by atoms with E-state index in [4.69, 9.17) is 0 Å². The van der Waals surface area contributed by atoms with Gasteiger partial charge in [-0.15, -0.1) is 0 Å². The Bertz CT molecular complexity index is 3070. The van der Waals surface area contributed by atoms with Gasteiger partial charge >= 0.3 is 0 Å². The monoisotopic (exact) mass is 632 g/mol. The van der Waals surface area contributed by atoms with Crippen molar-refractivity contribution in [2.24, 2.45) is 0 Å². The van der Waals surface area contributed by atoms with Crippen LogP contribution in [-0.4, -0.2) is 0 Å². The van der Waals surface area contributed by atoms with Crippen LogP contribution in [0.3, 0.4) is 0 Å². The summed E-state index contributed by atoms with van der Waals surface area (Å²) in [5, 5.41) is 10.5. The first kappa shape index (κ1) is 27.7. The molecule has 0 spiro atoms. The molecule has 0 N–H and O–H groups in total. The SMILES string of the molecule is c1ccc(C2(c3ccccc3)c3ccccc3-c3ccc4c(c32)=c2c3c(ccc2=c2ccccc2=c2ccccc2=4)-c2ccccc2C3)cc1. The molecule has 0 bridgehead atoms. The van der Waals surface area contributed by atoms with Gasteiger partial charge in [0.1, 0.15) is 0 Å². The van der Waals surface area contributed by atoms with E-state index in [2.05, 4.69) is 182 Å². The van der Waals surface area contributed by atoms with Crippen LogP contribution < -0.4 is 0 Å². The minimum atomic E-state index is -0.529. The zero-order valence-electron chi connectivity index (χ0n) is 27.5. The van der Waals surface area contributed by atoms with Gasteiger partial charge in [-0.3, -0.25) is 0 Å². The molecule has 0 radical (unpaired) electrons. The third-order valence-electron chi connectivity index (χ3n) is 11.6. The van der Waals surface area contributed by atoms with Gasteiger partial charge in [-0.1, -0.05) is 182 Å². The first-order chi connectivity index (χ1) is 24.8. The second-order valence-electron chi connectivity index (χ2n) is 13.9. The Hall–Kier alpha value is -6.24. The fraction of sp³-hybridized carbons (Fsp3) is 0.0400. The quantitative estimate of drug-likeness (QED) is 0.178. The van der Waals surface area contributed by atoms with E-state index in [9.17, 15) is 0 Å². The van der Waals surface area contributed by atoms with Crippen LogP contribution in [0.25, 0.3) is 22.3 Å². The zero-order valence-corrected chi connectivity index (χ0v) is 27.5. The summed E-state index contributed by atoms with van der Waals surface area (Å²) in [6.45, 7) is 0. The molecule has 0 fully saturated rings. The van der Waals surface area contributed by atoms with Crippen molar-refractivity contribution in [3.8, 4) is 22.3 Å². The van der Waals surface area contributed by atoms with Crippen LogP contribution in [0.5, 0.6) is 0 Å². The highest BCUT2D eigenvalue weighted by molar-refractivity contribution is 5.87. The van der Waals surface area contributed by atoms with Gasteiger partial charge in [-0.25, -0.2) is 0 Å². The molecule has 0 unspecified atom stereocenters. The first-order valence-electron chi connectivity index (χ1n) is 17.7. The van der Waals surface area contributed by atoms with Gasteiger partial charge in [0.05, 0.1) is 5.41 Å². The van der Waals surface area contributed by atoms with Crippen molar-refractivity contribution in [1.82, 2.24) is 0 Å². The number of hydrogen-bond acceptors (Lipinski definition) is 0. The summed E-state index contributed by atoms with van der Waals surface area (Å²) in [6.07, 6.45) is 0.915. The van der Waals surface area contributed by atoms with Crippen LogP contribution >= 0.6 is 0 Å². The molecule has 0 nitrogen and oxygen atoms in total. The summed E-state index contributed by atoms with van der Waals surface area (Å²) in [6, 6.07) is 68.4. The van der Waals surface area contributed by atoms with E-state index in [0.29, 0.717) is 0 Å². The van der Waals surface area contributed by atoms with Crippen molar-refractivity contribution < 1.29 is 0 Å². The van der Waals surface area contributed by atoms with E-state index in [1.807, 2.05) is 0 Å². The Labute approximate surface area is 290 Å². The summed E-state index contributed by atoms with van der Waals surface area (Å²) >= 11 is 0. The smallest absolute Gasteiger partial charge is 0.0622 e. The van der Waals surface area contributed by atoms with Crippen LogP contribution in [0.2, 0.25) is 0 Å². The van der Waals surface area contributed by atoms with Crippen LogP contribution in [-0.2, 0) is 11.8 Å². The third-order valence-corrected chi connectivity index (χ3v) is 11.6. The number of fused-ring (bicyclic) bond motifs is 12. The van der Waals surface area contributed by atoms with Gasteiger partial charge in [-0.2, -0.15) is 0 Å². The predicted molar refractivity (Wildman–Crippen MR) is 202 cm³/mol. The molecule has 0 saturated carbocycles. The van der Waals surface area contributed by atoms with E-state index >= 15 is 0 Å². The molecule has 232 valence electrons. The average molecular weight is 633 g/mol. The van der Waals surface area contributed by atoms with E-state index in [1.54, 1.807) is 0 Å². The predicted octanol–water partition coefficient (Wildman–Crippen LogP) is 11.1. The van der Waals surface area contributed by atoms with Gasteiger partial charge < -0.3 is 0 Å². The Kier molecular flexibility index (Phi) is 5.75. The summed E-state index contributed by atoms with van der Waals surface area (Å²) < 4.78 is 0. The molecular weight excluding hydrogens is 601 g/mol. The molecule has 50 heavy (non-hydrogen) atoms. The fourth-order valence-corrected chi connectivity index (χ4v) is 9.65. The highest BCUT2D eigenvalue weighted by Gasteiger charge is 2.47. The lowest BCUT2D eigenvalue weighted by Gasteiger charge is -2.34.